The second kappa shape index (κ2) is 3.86. The first-order valence-electron chi connectivity index (χ1n) is 6.34. The normalized spacial score (nSPS) is 13.0. The third-order valence-corrected chi connectivity index (χ3v) is 3.72. The molecule has 0 spiro atoms. The first-order chi connectivity index (χ1) is 9.75. The maximum atomic E-state index is 11.1. The summed E-state index contributed by atoms with van der Waals surface area (Å²) in [6, 6.07) is 7.02. The van der Waals surface area contributed by atoms with Gasteiger partial charge in [-0.1, -0.05) is 12.1 Å². The van der Waals surface area contributed by atoms with Gasteiger partial charge in [-0.15, -0.1) is 0 Å². The Hall–Kier alpha value is -2.76. The van der Waals surface area contributed by atoms with E-state index in [1.807, 2.05) is 22.7 Å². The topological polar surface area (TPSA) is 73.3 Å². The molecule has 98 valence electrons. The first kappa shape index (κ1) is 11.1. The van der Waals surface area contributed by atoms with E-state index < -0.39 is 0 Å². The van der Waals surface area contributed by atoms with E-state index in [0.29, 0.717) is 12.2 Å². The molecule has 1 aromatic carbocycles. The smallest absolute Gasteiger partial charge is 0.273 e. The number of aromatic nitrogens is 3. The third kappa shape index (κ3) is 1.38. The Labute approximate surface area is 113 Å². The van der Waals surface area contributed by atoms with E-state index in [0.717, 1.165) is 28.9 Å². The van der Waals surface area contributed by atoms with Crippen LogP contribution in [-0.4, -0.2) is 19.3 Å². The highest BCUT2D eigenvalue weighted by Gasteiger charge is 2.27. The van der Waals surface area contributed by atoms with Crippen molar-refractivity contribution in [1.29, 1.82) is 0 Å². The first-order valence-corrected chi connectivity index (χ1v) is 6.34. The molecule has 0 fully saturated rings. The molecular formula is C14H10N4O2. The second-order valence-electron chi connectivity index (χ2n) is 4.76. The molecule has 2 aromatic heterocycles. The lowest BCUT2D eigenvalue weighted by molar-refractivity contribution is -0.385. The Morgan fingerprint density at radius 2 is 2.15 bits per heavy atom. The van der Waals surface area contributed by atoms with E-state index in [1.165, 1.54) is 0 Å². The van der Waals surface area contributed by atoms with Crippen molar-refractivity contribution in [3.05, 3.63) is 58.0 Å². The van der Waals surface area contributed by atoms with Gasteiger partial charge in [0.2, 0.25) is 5.78 Å². The molecule has 1 aliphatic carbocycles. The summed E-state index contributed by atoms with van der Waals surface area (Å²) in [7, 11) is 0. The van der Waals surface area contributed by atoms with Gasteiger partial charge in [0.25, 0.3) is 5.69 Å². The van der Waals surface area contributed by atoms with Crippen LogP contribution in [0.4, 0.5) is 5.69 Å². The van der Waals surface area contributed by atoms with Gasteiger partial charge in [0.05, 0.1) is 16.3 Å². The third-order valence-electron chi connectivity index (χ3n) is 3.72. The number of aryl methyl sites for hydroxylation is 1. The van der Waals surface area contributed by atoms with Gasteiger partial charge in [-0.05, 0) is 18.9 Å². The van der Waals surface area contributed by atoms with Gasteiger partial charge in [-0.25, -0.2) is 9.97 Å². The van der Waals surface area contributed by atoms with Gasteiger partial charge in [-0.2, -0.15) is 0 Å². The molecule has 0 saturated heterocycles. The lowest BCUT2D eigenvalue weighted by Crippen LogP contribution is -2.08. The van der Waals surface area contributed by atoms with E-state index in [-0.39, 0.29) is 10.6 Å². The van der Waals surface area contributed by atoms with Crippen molar-refractivity contribution in [3.63, 3.8) is 0 Å². The molecule has 0 radical (unpaired) electrons. The fourth-order valence-electron chi connectivity index (χ4n) is 2.86. The van der Waals surface area contributed by atoms with Crippen LogP contribution in [0.5, 0.6) is 0 Å². The number of rotatable bonds is 1. The quantitative estimate of drug-likeness (QED) is 0.500. The zero-order chi connectivity index (χ0) is 13.7. The van der Waals surface area contributed by atoms with Crippen LogP contribution in [0.25, 0.3) is 17.0 Å². The van der Waals surface area contributed by atoms with Crippen LogP contribution in [0.15, 0.2) is 36.7 Å². The van der Waals surface area contributed by atoms with Gasteiger partial charge in [-0.3, -0.25) is 14.5 Å². The second-order valence-corrected chi connectivity index (χ2v) is 4.76. The number of nitro benzene ring substituents is 1. The fraction of sp³-hybridized carbons (Fsp3) is 0.143. The minimum Gasteiger partial charge on any atom is -0.287 e. The van der Waals surface area contributed by atoms with Gasteiger partial charge >= 0.3 is 0 Å². The zero-order valence-electron chi connectivity index (χ0n) is 10.5. The highest BCUT2D eigenvalue weighted by molar-refractivity contribution is 5.74. The van der Waals surface area contributed by atoms with Gasteiger partial charge in [0.15, 0.2) is 0 Å². The molecule has 2 heterocycles. The Morgan fingerprint density at radius 1 is 1.25 bits per heavy atom. The lowest BCUT2D eigenvalue weighted by Gasteiger charge is -2.15. The van der Waals surface area contributed by atoms with Crippen molar-refractivity contribution in [3.8, 4) is 11.3 Å². The Kier molecular flexibility index (Phi) is 2.14. The minimum absolute atomic E-state index is 0.179. The molecule has 6 heteroatoms. The molecule has 1 aliphatic rings. The molecule has 0 bridgehead atoms. The largest absolute Gasteiger partial charge is 0.287 e. The number of imidazole rings is 1. The minimum atomic E-state index is -0.322. The summed E-state index contributed by atoms with van der Waals surface area (Å²) in [5.74, 6) is 0.636. The molecule has 0 amide bonds. The van der Waals surface area contributed by atoms with Crippen LogP contribution in [0, 0.1) is 10.1 Å². The molecule has 0 N–H and O–H groups in total. The molecule has 20 heavy (non-hydrogen) atoms. The number of nitrogens with zero attached hydrogens (tertiary/aromatic N) is 4. The summed E-state index contributed by atoms with van der Waals surface area (Å²) in [5, 5.41) is 11.1. The van der Waals surface area contributed by atoms with Crippen LogP contribution in [0.3, 0.4) is 0 Å². The zero-order valence-corrected chi connectivity index (χ0v) is 10.5. The predicted molar refractivity (Wildman–Crippen MR) is 72.5 cm³/mol. The SMILES string of the molecule is O=[N+]([O-])c1cccc2c1CCc1c-2nc2ncccn12. The summed E-state index contributed by atoms with van der Waals surface area (Å²) in [6.45, 7) is 0. The van der Waals surface area contributed by atoms with E-state index in [1.54, 1.807) is 18.3 Å². The molecular weight excluding hydrogens is 256 g/mol. The monoisotopic (exact) mass is 266 g/mol. The maximum absolute atomic E-state index is 11.1. The van der Waals surface area contributed by atoms with Gasteiger partial charge < -0.3 is 0 Å². The van der Waals surface area contributed by atoms with E-state index in [2.05, 4.69) is 9.97 Å². The summed E-state index contributed by atoms with van der Waals surface area (Å²) < 4.78 is 1.96. The van der Waals surface area contributed by atoms with Crippen molar-refractivity contribution in [2.24, 2.45) is 0 Å². The van der Waals surface area contributed by atoms with E-state index in [9.17, 15) is 10.1 Å². The lowest BCUT2D eigenvalue weighted by atomic mass is 9.91. The predicted octanol–water partition coefficient (Wildman–Crippen LogP) is 2.40. The average Bonchev–Trinajstić information content (AvgIpc) is 2.85. The number of benzene rings is 1. The summed E-state index contributed by atoms with van der Waals surface area (Å²) in [5.41, 5.74) is 3.69. The van der Waals surface area contributed by atoms with E-state index >= 15 is 0 Å². The Morgan fingerprint density at radius 3 is 3.00 bits per heavy atom. The molecule has 0 atom stereocenters. The number of hydrogen-bond acceptors (Lipinski definition) is 4. The maximum Gasteiger partial charge on any atom is 0.273 e. The van der Waals surface area contributed by atoms with Crippen LogP contribution in [0.2, 0.25) is 0 Å². The summed E-state index contributed by atoms with van der Waals surface area (Å²) in [6.07, 6.45) is 5.01. The van der Waals surface area contributed by atoms with Crippen molar-refractivity contribution in [2.75, 3.05) is 0 Å². The van der Waals surface area contributed by atoms with Crippen molar-refractivity contribution >= 4 is 11.5 Å². The van der Waals surface area contributed by atoms with Crippen LogP contribution >= 0.6 is 0 Å². The summed E-state index contributed by atoms with van der Waals surface area (Å²) in [4.78, 5) is 19.6. The molecule has 0 aliphatic heterocycles. The number of hydrogen-bond donors (Lipinski definition) is 0. The van der Waals surface area contributed by atoms with Crippen molar-refractivity contribution in [2.45, 2.75) is 12.8 Å². The molecule has 3 aromatic rings. The highest BCUT2D eigenvalue weighted by Crippen LogP contribution is 2.37. The number of nitro groups is 1. The molecule has 0 unspecified atom stereocenters. The van der Waals surface area contributed by atoms with E-state index in [4.69, 9.17) is 0 Å². The van der Waals surface area contributed by atoms with Crippen molar-refractivity contribution < 1.29 is 4.92 Å². The highest BCUT2D eigenvalue weighted by atomic mass is 16.6. The molecule has 4 rings (SSSR count). The number of fused-ring (bicyclic) bond motifs is 5. The molecule has 6 nitrogen and oxygen atoms in total. The van der Waals surface area contributed by atoms with Gasteiger partial charge in [0, 0.05) is 29.6 Å². The Bertz CT molecular complexity index is 854. The van der Waals surface area contributed by atoms with Crippen LogP contribution in [-0.2, 0) is 12.8 Å². The molecule has 0 saturated carbocycles. The summed E-state index contributed by atoms with van der Waals surface area (Å²) >= 11 is 0. The Balaban J connectivity index is 2.04. The van der Waals surface area contributed by atoms with Crippen LogP contribution in [0.1, 0.15) is 11.3 Å². The average molecular weight is 266 g/mol. The van der Waals surface area contributed by atoms with Crippen molar-refractivity contribution in [1.82, 2.24) is 14.4 Å². The fourth-order valence-corrected chi connectivity index (χ4v) is 2.86. The standard InChI is InChI=1S/C14H10N4O2/c19-18(20)11-4-1-3-10-9(11)5-6-12-13(10)16-14-15-7-2-8-17(12)14/h1-4,7-8H,5-6H2. The van der Waals surface area contributed by atoms with Gasteiger partial charge in [0.1, 0.15) is 0 Å². The van der Waals surface area contributed by atoms with Crippen LogP contribution < -0.4 is 0 Å².